The third-order valence-corrected chi connectivity index (χ3v) is 1.13. The highest BCUT2D eigenvalue weighted by Crippen LogP contribution is 1.93. The summed E-state index contributed by atoms with van der Waals surface area (Å²) in [6.07, 6.45) is 7.86. The van der Waals surface area contributed by atoms with Crippen molar-refractivity contribution in [2.75, 3.05) is 0 Å². The molecule has 2 aromatic heterocycles. The predicted octanol–water partition coefficient (Wildman–Crippen LogP) is 0.529. The Kier molecular flexibility index (Phi) is 0.773. The molecule has 2 rings (SSSR count). The molecule has 0 aromatic carbocycles. The minimum Gasteiger partial charge on any atom is -0.281 e. The van der Waals surface area contributed by atoms with Gasteiger partial charge in [0.1, 0.15) is 12.0 Å². The quantitative estimate of drug-likeness (QED) is 0.505. The second kappa shape index (κ2) is 1.55. The van der Waals surface area contributed by atoms with Gasteiger partial charge in [0.25, 0.3) is 0 Å². The molecule has 0 atom stereocenters. The van der Waals surface area contributed by atoms with Gasteiger partial charge in [-0.3, -0.25) is 4.40 Å². The summed E-state index contributed by atoms with van der Waals surface area (Å²) in [5.74, 6) is 0. The molecule has 0 spiro atoms. The Bertz CT molecular complexity index is 282. The van der Waals surface area contributed by atoms with Gasteiger partial charge in [0, 0.05) is 6.20 Å². The van der Waals surface area contributed by atoms with Gasteiger partial charge in [0.15, 0.2) is 0 Å². The maximum absolute atomic E-state index is 3.99. The van der Waals surface area contributed by atoms with Gasteiger partial charge in [-0.05, 0) is 6.07 Å². The number of fused-ring (bicyclic) bond motifs is 1. The van der Waals surface area contributed by atoms with Crippen LogP contribution < -0.4 is 0 Å². The molecular formula is C6H4N3. The first-order valence-electron chi connectivity index (χ1n) is 2.61. The average molecular weight is 118 g/mol. The van der Waals surface area contributed by atoms with Crippen LogP contribution in [-0.2, 0) is 0 Å². The lowest BCUT2D eigenvalue weighted by molar-refractivity contribution is 1.08. The Morgan fingerprint density at radius 3 is 3.44 bits per heavy atom. The largest absolute Gasteiger partial charge is 0.281 e. The van der Waals surface area contributed by atoms with Crippen molar-refractivity contribution >= 4 is 5.65 Å². The van der Waals surface area contributed by atoms with Crippen molar-refractivity contribution < 1.29 is 0 Å². The van der Waals surface area contributed by atoms with Crippen LogP contribution in [0.15, 0.2) is 24.8 Å². The molecule has 0 saturated heterocycles. The lowest BCUT2D eigenvalue weighted by Gasteiger charge is -1.85. The lowest BCUT2D eigenvalue weighted by atomic mass is 10.6. The molecule has 3 heteroatoms. The predicted molar refractivity (Wildman–Crippen MR) is 31.8 cm³/mol. The van der Waals surface area contributed by atoms with Crippen molar-refractivity contribution in [1.29, 1.82) is 0 Å². The zero-order valence-electron chi connectivity index (χ0n) is 4.65. The molecule has 0 unspecified atom stereocenters. The SMILES string of the molecule is [c]1cnc2ccncn12. The molecule has 9 heavy (non-hydrogen) atoms. The summed E-state index contributed by atoms with van der Waals surface area (Å²) in [6.45, 7) is 0. The second-order valence-electron chi connectivity index (χ2n) is 1.70. The Morgan fingerprint density at radius 1 is 1.56 bits per heavy atom. The van der Waals surface area contributed by atoms with Crippen LogP contribution in [0, 0.1) is 6.20 Å². The fourth-order valence-corrected chi connectivity index (χ4v) is 0.716. The summed E-state index contributed by atoms with van der Waals surface area (Å²) < 4.78 is 1.74. The van der Waals surface area contributed by atoms with E-state index in [2.05, 4.69) is 16.2 Å². The van der Waals surface area contributed by atoms with Crippen LogP contribution in [0.5, 0.6) is 0 Å². The number of hydrogen-bond acceptors (Lipinski definition) is 2. The van der Waals surface area contributed by atoms with E-state index < -0.39 is 0 Å². The van der Waals surface area contributed by atoms with Crippen molar-refractivity contribution in [3.8, 4) is 0 Å². The van der Waals surface area contributed by atoms with Crippen LogP contribution in [0.1, 0.15) is 0 Å². The third kappa shape index (κ3) is 0.579. The number of rotatable bonds is 0. The van der Waals surface area contributed by atoms with Gasteiger partial charge < -0.3 is 0 Å². The van der Waals surface area contributed by atoms with E-state index in [4.69, 9.17) is 0 Å². The van der Waals surface area contributed by atoms with Crippen molar-refractivity contribution in [1.82, 2.24) is 14.4 Å². The Hall–Kier alpha value is -1.38. The third-order valence-electron chi connectivity index (χ3n) is 1.13. The summed E-state index contributed by atoms with van der Waals surface area (Å²) >= 11 is 0. The van der Waals surface area contributed by atoms with Gasteiger partial charge >= 0.3 is 0 Å². The molecule has 0 amide bonds. The zero-order valence-corrected chi connectivity index (χ0v) is 4.65. The highest BCUT2D eigenvalue weighted by molar-refractivity contribution is 5.34. The lowest BCUT2D eigenvalue weighted by Crippen LogP contribution is -1.82. The zero-order chi connectivity index (χ0) is 6.10. The van der Waals surface area contributed by atoms with E-state index in [0.29, 0.717) is 0 Å². The summed E-state index contributed by atoms with van der Waals surface area (Å²) in [6, 6.07) is 1.83. The monoisotopic (exact) mass is 118 g/mol. The van der Waals surface area contributed by atoms with Gasteiger partial charge in [-0.25, -0.2) is 9.97 Å². The highest BCUT2D eigenvalue weighted by Gasteiger charge is 1.87. The van der Waals surface area contributed by atoms with Crippen molar-refractivity contribution in [2.24, 2.45) is 0 Å². The van der Waals surface area contributed by atoms with E-state index in [1.807, 2.05) is 6.07 Å². The van der Waals surface area contributed by atoms with Crippen molar-refractivity contribution in [3.05, 3.63) is 31.0 Å². The topological polar surface area (TPSA) is 30.2 Å². The van der Waals surface area contributed by atoms with Crippen molar-refractivity contribution in [2.45, 2.75) is 0 Å². The molecule has 0 bridgehead atoms. The molecule has 0 saturated carbocycles. The maximum Gasteiger partial charge on any atom is 0.139 e. The van der Waals surface area contributed by atoms with E-state index in [0.717, 1.165) is 5.65 Å². The first kappa shape index (κ1) is 4.49. The van der Waals surface area contributed by atoms with Crippen LogP contribution in [0.3, 0.4) is 0 Å². The molecule has 0 aliphatic heterocycles. The maximum atomic E-state index is 3.99. The number of nitrogens with zero attached hydrogens (tertiary/aromatic N) is 3. The average Bonchev–Trinajstić information content (AvgIpc) is 2.33. The van der Waals surface area contributed by atoms with E-state index >= 15 is 0 Å². The molecule has 1 radical (unpaired) electrons. The number of aromatic nitrogens is 3. The molecule has 0 N–H and O–H groups in total. The van der Waals surface area contributed by atoms with Gasteiger partial charge in [-0.2, -0.15) is 0 Å². The van der Waals surface area contributed by atoms with Crippen LogP contribution in [0.25, 0.3) is 5.65 Å². The van der Waals surface area contributed by atoms with Crippen molar-refractivity contribution in [3.63, 3.8) is 0 Å². The first-order chi connectivity index (χ1) is 4.47. The molecule has 0 aliphatic rings. The van der Waals surface area contributed by atoms with Gasteiger partial charge in [0.05, 0.1) is 12.4 Å². The minimum atomic E-state index is 0.880. The summed E-state index contributed by atoms with van der Waals surface area (Å²) in [4.78, 5) is 7.86. The van der Waals surface area contributed by atoms with Crippen LogP contribution in [-0.4, -0.2) is 14.4 Å². The Balaban J connectivity index is 2.95. The van der Waals surface area contributed by atoms with Gasteiger partial charge in [0.2, 0.25) is 0 Å². The Labute approximate surface area is 52.0 Å². The molecule has 0 fully saturated rings. The fourth-order valence-electron chi connectivity index (χ4n) is 0.716. The molecule has 2 aromatic rings. The fraction of sp³-hybridized carbons (Fsp3) is 0. The molecule has 43 valence electrons. The standard InChI is InChI=1S/C6H4N3/c1-2-7-5-9-4-3-8-6(1)9/h1-3,5H. The molecule has 0 aliphatic carbocycles. The van der Waals surface area contributed by atoms with E-state index in [1.165, 1.54) is 0 Å². The smallest absolute Gasteiger partial charge is 0.139 e. The molecule has 3 nitrogen and oxygen atoms in total. The van der Waals surface area contributed by atoms with Gasteiger partial charge in [-0.1, -0.05) is 0 Å². The summed E-state index contributed by atoms with van der Waals surface area (Å²) in [5.41, 5.74) is 0.880. The summed E-state index contributed by atoms with van der Waals surface area (Å²) in [7, 11) is 0. The van der Waals surface area contributed by atoms with Crippen LogP contribution in [0.4, 0.5) is 0 Å². The number of imidazole rings is 1. The van der Waals surface area contributed by atoms with Crippen LogP contribution >= 0.6 is 0 Å². The molecule has 2 heterocycles. The normalized spacial score (nSPS) is 10.2. The minimum absolute atomic E-state index is 0.880. The number of hydrogen-bond donors (Lipinski definition) is 0. The van der Waals surface area contributed by atoms with Crippen LogP contribution in [0.2, 0.25) is 0 Å². The first-order valence-corrected chi connectivity index (χ1v) is 2.61. The van der Waals surface area contributed by atoms with E-state index in [1.54, 1.807) is 23.1 Å². The summed E-state index contributed by atoms with van der Waals surface area (Å²) in [5, 5.41) is 0. The highest BCUT2D eigenvalue weighted by atomic mass is 15.0. The van der Waals surface area contributed by atoms with E-state index in [-0.39, 0.29) is 0 Å². The molecular weight excluding hydrogens is 114 g/mol. The second-order valence-corrected chi connectivity index (χ2v) is 1.70. The van der Waals surface area contributed by atoms with E-state index in [9.17, 15) is 0 Å². The van der Waals surface area contributed by atoms with Gasteiger partial charge in [-0.15, -0.1) is 0 Å². The Morgan fingerprint density at radius 2 is 2.56 bits per heavy atom.